The third-order valence-electron chi connectivity index (χ3n) is 6.69. The van der Waals surface area contributed by atoms with Crippen LogP contribution < -0.4 is 9.64 Å². The lowest BCUT2D eigenvalue weighted by molar-refractivity contribution is 0.340. The lowest BCUT2D eigenvalue weighted by Crippen LogP contribution is -2.26. The van der Waals surface area contributed by atoms with E-state index in [1.165, 1.54) is 12.5 Å². The van der Waals surface area contributed by atoms with Gasteiger partial charge in [-0.3, -0.25) is 4.98 Å². The third kappa shape index (κ3) is 11.2. The summed E-state index contributed by atoms with van der Waals surface area (Å²) in [6, 6.07) is 15.0. The minimum Gasteiger partial charge on any atom is -0.494 e. The van der Waals surface area contributed by atoms with E-state index in [2.05, 4.69) is 43.6 Å². The van der Waals surface area contributed by atoms with E-state index in [1.807, 2.05) is 64.2 Å². The van der Waals surface area contributed by atoms with Crippen molar-refractivity contribution in [1.82, 2.24) is 4.98 Å². The predicted octanol–water partition coefficient (Wildman–Crippen LogP) is 9.89. The molecule has 1 atom stereocenters. The fourth-order valence-corrected chi connectivity index (χ4v) is 4.14. The number of fused-ring (bicyclic) bond motifs is 1. The van der Waals surface area contributed by atoms with E-state index in [0.29, 0.717) is 18.1 Å². The van der Waals surface area contributed by atoms with Gasteiger partial charge in [0.1, 0.15) is 17.6 Å². The molecule has 1 heterocycles. The number of hydrogen-bond acceptors (Lipinski definition) is 5. The Morgan fingerprint density at radius 2 is 1.75 bits per heavy atom. The number of halogens is 1. The zero-order valence-corrected chi connectivity index (χ0v) is 26.6. The fraction of sp³-hybridized carbons (Fsp3) is 0.500. The summed E-state index contributed by atoms with van der Waals surface area (Å²) < 4.78 is 18.4. The number of benzene rings is 2. The molecule has 6 heteroatoms. The first-order valence-corrected chi connectivity index (χ1v) is 15.0. The normalized spacial score (nSPS) is 11.0. The van der Waals surface area contributed by atoms with E-state index in [0.717, 1.165) is 65.1 Å². The number of ether oxygens (including phenoxy) is 1. The van der Waals surface area contributed by atoms with Gasteiger partial charge in [0.15, 0.2) is 0 Å². The Labute approximate surface area is 247 Å². The second-order valence-corrected chi connectivity index (χ2v) is 10.8. The second kappa shape index (κ2) is 19.1. The number of pyridine rings is 1. The molecule has 0 N–H and O–H groups in total. The molecule has 3 rings (SSSR count). The zero-order valence-electron chi connectivity index (χ0n) is 25.8. The van der Waals surface area contributed by atoms with Crippen LogP contribution in [0.5, 0.6) is 5.75 Å². The van der Waals surface area contributed by atoms with Gasteiger partial charge in [-0.05, 0) is 79.6 Å². The van der Waals surface area contributed by atoms with Crippen LogP contribution in [0.4, 0.5) is 10.1 Å². The number of nitriles is 1. The summed E-state index contributed by atoms with van der Waals surface area (Å²) in [6.07, 6.45) is 6.31. The van der Waals surface area contributed by atoms with Gasteiger partial charge in [0.25, 0.3) is 0 Å². The number of thiocarbonyl (C=S) groups is 1. The van der Waals surface area contributed by atoms with Gasteiger partial charge in [-0.25, -0.2) is 4.39 Å². The SMILES string of the molecule is CC(C)c1ccccc1F.CCC(C)C(C)=S.CCCCN(CCC)c1cnc2ccc(OCC)cc2c1C#N. The fourth-order valence-electron chi connectivity index (χ4n) is 3.98. The molecular formula is C34H48FN3OS. The Morgan fingerprint density at radius 1 is 1.05 bits per heavy atom. The average molecular weight is 566 g/mol. The Balaban J connectivity index is 0.000000385. The minimum atomic E-state index is -0.0995. The molecule has 0 fully saturated rings. The van der Waals surface area contributed by atoms with Crippen LogP contribution in [-0.2, 0) is 0 Å². The summed E-state index contributed by atoms with van der Waals surface area (Å²) >= 11 is 4.92. The summed E-state index contributed by atoms with van der Waals surface area (Å²) in [7, 11) is 0. The van der Waals surface area contributed by atoms with Crippen molar-refractivity contribution >= 4 is 33.7 Å². The van der Waals surface area contributed by atoms with E-state index < -0.39 is 0 Å². The highest BCUT2D eigenvalue weighted by atomic mass is 32.1. The molecule has 0 aliphatic rings. The molecule has 0 saturated heterocycles. The third-order valence-corrected chi connectivity index (χ3v) is 7.09. The van der Waals surface area contributed by atoms with Crippen molar-refractivity contribution in [2.24, 2.45) is 5.92 Å². The Kier molecular flexibility index (Phi) is 16.7. The van der Waals surface area contributed by atoms with Crippen LogP contribution in [0, 0.1) is 23.1 Å². The standard InChI is InChI=1S/C19H25N3O.C9H11F.C6H12S/c1-4-7-11-22(10-5-2)19-14-21-18-9-8-15(23-6-3)12-16(18)17(19)13-20;1-7(2)8-5-3-4-6-9(8)10;1-4-5(2)6(3)7/h8-9,12,14H,4-7,10-11H2,1-3H3;3-7H,1-2H3;5H,4H2,1-3H3. The predicted molar refractivity (Wildman–Crippen MR) is 173 cm³/mol. The first-order chi connectivity index (χ1) is 19.1. The molecule has 0 saturated carbocycles. The lowest BCUT2D eigenvalue weighted by Gasteiger charge is -2.25. The topological polar surface area (TPSA) is 49.2 Å². The van der Waals surface area contributed by atoms with Gasteiger partial charge in [0.2, 0.25) is 0 Å². The Bertz CT molecular complexity index is 1220. The number of rotatable bonds is 11. The van der Waals surface area contributed by atoms with Gasteiger partial charge in [-0.15, -0.1) is 0 Å². The van der Waals surface area contributed by atoms with Gasteiger partial charge >= 0.3 is 0 Å². The van der Waals surface area contributed by atoms with Gasteiger partial charge < -0.3 is 9.64 Å². The summed E-state index contributed by atoms with van der Waals surface area (Å²) in [5.74, 6) is 1.60. The summed E-state index contributed by atoms with van der Waals surface area (Å²) in [6.45, 7) is 19.1. The highest BCUT2D eigenvalue weighted by Crippen LogP contribution is 2.30. The molecule has 1 unspecified atom stereocenters. The highest BCUT2D eigenvalue weighted by molar-refractivity contribution is 7.80. The van der Waals surface area contributed by atoms with E-state index >= 15 is 0 Å². The largest absolute Gasteiger partial charge is 0.494 e. The number of hydrogen-bond donors (Lipinski definition) is 0. The second-order valence-electron chi connectivity index (χ2n) is 10.2. The van der Waals surface area contributed by atoms with Crippen LogP contribution in [0.2, 0.25) is 0 Å². The maximum absolute atomic E-state index is 12.8. The van der Waals surface area contributed by atoms with Crippen LogP contribution >= 0.6 is 12.2 Å². The van der Waals surface area contributed by atoms with Crippen molar-refractivity contribution in [3.05, 3.63) is 65.6 Å². The van der Waals surface area contributed by atoms with E-state index in [9.17, 15) is 9.65 Å². The van der Waals surface area contributed by atoms with Gasteiger partial charge in [0.05, 0.1) is 29.6 Å². The first-order valence-electron chi connectivity index (χ1n) is 14.6. The molecule has 40 heavy (non-hydrogen) atoms. The van der Waals surface area contributed by atoms with Crippen LogP contribution in [0.25, 0.3) is 10.9 Å². The van der Waals surface area contributed by atoms with Crippen molar-refractivity contribution in [3.8, 4) is 11.8 Å². The minimum absolute atomic E-state index is 0.0995. The van der Waals surface area contributed by atoms with Crippen molar-refractivity contribution in [2.45, 2.75) is 87.0 Å². The molecule has 3 aromatic rings. The smallest absolute Gasteiger partial charge is 0.126 e. The van der Waals surface area contributed by atoms with Crippen molar-refractivity contribution in [2.75, 3.05) is 24.6 Å². The lowest BCUT2D eigenvalue weighted by atomic mass is 10.0. The molecule has 0 aliphatic heterocycles. The Hall–Kier alpha value is -3.04. The quantitative estimate of drug-likeness (QED) is 0.217. The maximum atomic E-state index is 12.8. The van der Waals surface area contributed by atoms with Crippen molar-refractivity contribution < 1.29 is 9.13 Å². The molecule has 0 bridgehead atoms. The van der Waals surface area contributed by atoms with Gasteiger partial charge in [-0.2, -0.15) is 5.26 Å². The maximum Gasteiger partial charge on any atom is 0.126 e. The molecule has 0 radical (unpaired) electrons. The molecule has 0 spiro atoms. The zero-order chi connectivity index (χ0) is 30.1. The monoisotopic (exact) mass is 565 g/mol. The van der Waals surface area contributed by atoms with Crippen molar-refractivity contribution in [1.29, 1.82) is 5.26 Å². The van der Waals surface area contributed by atoms with Crippen LogP contribution in [-0.4, -0.2) is 29.5 Å². The molecule has 2 aromatic carbocycles. The van der Waals surface area contributed by atoms with Gasteiger partial charge in [-0.1, -0.05) is 78.4 Å². The molecule has 218 valence electrons. The summed E-state index contributed by atoms with van der Waals surface area (Å²) in [4.78, 5) is 7.96. The molecule has 4 nitrogen and oxygen atoms in total. The molecular weight excluding hydrogens is 517 g/mol. The first kappa shape index (κ1) is 35.0. The molecule has 1 aromatic heterocycles. The summed E-state index contributed by atoms with van der Waals surface area (Å²) in [5.41, 5.74) is 3.26. The van der Waals surface area contributed by atoms with E-state index in [1.54, 1.807) is 6.07 Å². The summed E-state index contributed by atoms with van der Waals surface area (Å²) in [5, 5.41) is 10.6. The highest BCUT2D eigenvalue weighted by Gasteiger charge is 2.15. The van der Waals surface area contributed by atoms with Crippen molar-refractivity contribution in [3.63, 3.8) is 0 Å². The number of aromatic nitrogens is 1. The average Bonchev–Trinajstić information content (AvgIpc) is 2.95. The van der Waals surface area contributed by atoms with Crippen LogP contribution in [0.1, 0.15) is 98.1 Å². The Morgan fingerprint density at radius 3 is 2.23 bits per heavy atom. The molecule has 0 aliphatic carbocycles. The number of anilines is 1. The number of unbranched alkanes of at least 4 members (excludes halogenated alkanes) is 1. The molecule has 0 amide bonds. The van der Waals surface area contributed by atoms with Crippen LogP contribution in [0.3, 0.4) is 0 Å². The number of nitrogens with zero attached hydrogens (tertiary/aromatic N) is 3. The van der Waals surface area contributed by atoms with Crippen LogP contribution in [0.15, 0.2) is 48.7 Å². The van der Waals surface area contributed by atoms with E-state index in [4.69, 9.17) is 17.0 Å². The van der Waals surface area contributed by atoms with Gasteiger partial charge in [0, 0.05) is 18.5 Å². The van der Waals surface area contributed by atoms with E-state index in [-0.39, 0.29) is 11.7 Å².